The second-order valence-corrected chi connectivity index (χ2v) is 8.38. The van der Waals surface area contributed by atoms with E-state index >= 15 is 0 Å². The molecular formula is C27H24N2O3. The van der Waals surface area contributed by atoms with Crippen LogP contribution in [0.3, 0.4) is 0 Å². The molecule has 5 nitrogen and oxygen atoms in total. The highest BCUT2D eigenvalue weighted by Gasteiger charge is 2.32. The topological polar surface area (TPSA) is 75.2 Å². The maximum atomic E-state index is 11.9. The van der Waals surface area contributed by atoms with Crippen LogP contribution in [0.5, 0.6) is 5.75 Å². The fourth-order valence-electron chi connectivity index (χ4n) is 4.23. The molecule has 1 aromatic heterocycles. The minimum absolute atomic E-state index is 0.166. The highest BCUT2D eigenvalue weighted by Crippen LogP contribution is 2.44. The van der Waals surface area contributed by atoms with Gasteiger partial charge in [0, 0.05) is 34.2 Å². The van der Waals surface area contributed by atoms with Crippen molar-refractivity contribution in [2.75, 3.05) is 7.11 Å². The summed E-state index contributed by atoms with van der Waals surface area (Å²) in [6.45, 7) is 4.10. The Labute approximate surface area is 187 Å². The molecule has 0 bridgehead atoms. The van der Waals surface area contributed by atoms with E-state index in [9.17, 15) is 15.2 Å². The monoisotopic (exact) mass is 424 g/mol. The predicted molar refractivity (Wildman–Crippen MR) is 125 cm³/mol. The van der Waals surface area contributed by atoms with Crippen LogP contribution >= 0.6 is 0 Å². The summed E-state index contributed by atoms with van der Waals surface area (Å²) in [4.78, 5) is 11.9. The number of rotatable bonds is 5. The first-order valence-electron chi connectivity index (χ1n) is 10.4. The average Bonchev–Trinajstić information content (AvgIpc) is 3.14. The Morgan fingerprint density at radius 3 is 2.38 bits per heavy atom. The summed E-state index contributed by atoms with van der Waals surface area (Å²) in [5.74, 6) is -0.231. The van der Waals surface area contributed by atoms with Gasteiger partial charge in [-0.3, -0.25) is 0 Å². The Balaban J connectivity index is 2.11. The summed E-state index contributed by atoms with van der Waals surface area (Å²) >= 11 is 0. The lowest BCUT2D eigenvalue weighted by molar-refractivity contribution is 0.0600. The van der Waals surface area contributed by atoms with Gasteiger partial charge in [0.25, 0.3) is 0 Å². The van der Waals surface area contributed by atoms with Gasteiger partial charge in [-0.2, -0.15) is 5.26 Å². The Morgan fingerprint density at radius 2 is 1.75 bits per heavy atom. The summed E-state index contributed by atoms with van der Waals surface area (Å²) in [7, 11) is 1.36. The van der Waals surface area contributed by atoms with Crippen molar-refractivity contribution in [3.05, 3.63) is 84.1 Å². The fraction of sp³-hybridized carbons (Fsp3) is 0.185. The second-order valence-electron chi connectivity index (χ2n) is 8.38. The number of aromatic hydroxyl groups is 1. The molecule has 0 aliphatic carbocycles. The highest BCUT2D eigenvalue weighted by atomic mass is 16.5. The van der Waals surface area contributed by atoms with Crippen molar-refractivity contribution < 1.29 is 14.6 Å². The van der Waals surface area contributed by atoms with Gasteiger partial charge in [0.1, 0.15) is 5.75 Å². The van der Waals surface area contributed by atoms with E-state index in [0.29, 0.717) is 12.0 Å². The largest absolute Gasteiger partial charge is 0.508 e. The van der Waals surface area contributed by atoms with E-state index in [1.165, 1.54) is 7.11 Å². The minimum atomic E-state index is -0.490. The van der Waals surface area contributed by atoms with Crippen LogP contribution in [0.15, 0.2) is 72.8 Å². The van der Waals surface area contributed by atoms with Crippen LogP contribution in [0, 0.1) is 11.3 Å². The second kappa shape index (κ2) is 8.24. The molecule has 0 atom stereocenters. The van der Waals surface area contributed by atoms with Crippen molar-refractivity contribution in [1.29, 1.82) is 5.26 Å². The molecule has 0 aliphatic heterocycles. The molecule has 0 saturated carbocycles. The van der Waals surface area contributed by atoms with Gasteiger partial charge in [0.15, 0.2) is 0 Å². The van der Waals surface area contributed by atoms with E-state index < -0.39 is 11.4 Å². The van der Waals surface area contributed by atoms with Gasteiger partial charge in [-0.25, -0.2) is 4.79 Å². The van der Waals surface area contributed by atoms with Crippen LogP contribution in [0.25, 0.3) is 27.7 Å². The molecule has 0 aliphatic rings. The Kier molecular flexibility index (Phi) is 5.46. The first-order valence-corrected chi connectivity index (χ1v) is 10.4. The third-order valence-corrected chi connectivity index (χ3v) is 5.72. The SMILES string of the molecule is COC(=O)c1ccc(-c2c(C(C)(C)CC#N)n(-c3ccccc3)c3ccc(O)cc23)cc1. The number of ether oxygens (including phenoxy) is 1. The first-order chi connectivity index (χ1) is 15.4. The van der Waals surface area contributed by atoms with Gasteiger partial charge in [0.05, 0.1) is 24.3 Å². The lowest BCUT2D eigenvalue weighted by atomic mass is 9.81. The predicted octanol–water partition coefficient (Wildman–Crippen LogP) is 5.98. The fourth-order valence-corrected chi connectivity index (χ4v) is 4.23. The number of carbonyl (C=O) groups is 1. The molecule has 0 spiro atoms. The first kappa shape index (κ1) is 21.2. The molecule has 1 heterocycles. The van der Waals surface area contributed by atoms with Crippen LogP contribution in [-0.4, -0.2) is 22.8 Å². The summed E-state index contributed by atoms with van der Waals surface area (Å²) in [6, 6.07) is 24.9. The van der Waals surface area contributed by atoms with E-state index in [2.05, 4.69) is 24.5 Å². The van der Waals surface area contributed by atoms with Crippen LogP contribution in [-0.2, 0) is 10.2 Å². The molecule has 4 aromatic rings. The van der Waals surface area contributed by atoms with Crippen molar-refractivity contribution in [2.45, 2.75) is 25.7 Å². The van der Waals surface area contributed by atoms with Gasteiger partial charge in [-0.05, 0) is 48.0 Å². The van der Waals surface area contributed by atoms with Crippen molar-refractivity contribution in [3.8, 4) is 28.6 Å². The standard InChI is InChI=1S/C27H24N2O3/c1-27(2,15-16-28)25-24(18-9-11-19(12-10-18)26(31)32-3)22-17-21(30)13-14-23(22)29(25)20-7-5-4-6-8-20/h4-14,17,30H,15H2,1-3H3. The molecule has 0 fully saturated rings. The van der Waals surface area contributed by atoms with Crippen LogP contribution in [0.4, 0.5) is 0 Å². The summed E-state index contributed by atoms with van der Waals surface area (Å²) in [6.07, 6.45) is 0.315. The Bertz CT molecular complexity index is 1330. The number of benzene rings is 3. The molecule has 0 saturated heterocycles. The summed E-state index contributed by atoms with van der Waals surface area (Å²) < 4.78 is 6.99. The van der Waals surface area contributed by atoms with Gasteiger partial charge in [0.2, 0.25) is 0 Å². The molecule has 5 heteroatoms. The van der Waals surface area contributed by atoms with Crippen LogP contribution < -0.4 is 0 Å². The Morgan fingerprint density at radius 1 is 1.06 bits per heavy atom. The average molecular weight is 425 g/mol. The Hall–Kier alpha value is -4.04. The number of methoxy groups -OCH3 is 1. The number of nitrogens with zero attached hydrogens (tertiary/aromatic N) is 2. The molecule has 1 N–H and O–H groups in total. The van der Waals surface area contributed by atoms with Crippen molar-refractivity contribution in [1.82, 2.24) is 4.57 Å². The maximum Gasteiger partial charge on any atom is 0.337 e. The number of para-hydroxylation sites is 1. The van der Waals surface area contributed by atoms with Crippen molar-refractivity contribution in [3.63, 3.8) is 0 Å². The zero-order chi connectivity index (χ0) is 22.9. The van der Waals surface area contributed by atoms with Gasteiger partial charge in [-0.15, -0.1) is 0 Å². The van der Waals surface area contributed by atoms with Crippen molar-refractivity contribution in [2.24, 2.45) is 0 Å². The van der Waals surface area contributed by atoms with Gasteiger partial charge < -0.3 is 14.4 Å². The lowest BCUT2D eigenvalue weighted by Gasteiger charge is -2.26. The summed E-state index contributed by atoms with van der Waals surface area (Å²) in [5, 5.41) is 20.8. The summed E-state index contributed by atoms with van der Waals surface area (Å²) in [5.41, 5.74) is 4.67. The molecule has 3 aromatic carbocycles. The van der Waals surface area contributed by atoms with E-state index in [-0.39, 0.29) is 5.75 Å². The molecule has 0 unspecified atom stereocenters. The van der Waals surface area contributed by atoms with E-state index in [1.807, 2.05) is 48.5 Å². The third kappa shape index (κ3) is 3.61. The number of carbonyl (C=O) groups excluding carboxylic acids is 1. The number of phenolic OH excluding ortho intramolecular Hbond substituents is 1. The zero-order valence-electron chi connectivity index (χ0n) is 18.3. The molecule has 32 heavy (non-hydrogen) atoms. The molecule has 0 radical (unpaired) electrons. The van der Waals surface area contributed by atoms with Gasteiger partial charge >= 0.3 is 5.97 Å². The molecule has 160 valence electrons. The van der Waals surface area contributed by atoms with Gasteiger partial charge in [-0.1, -0.05) is 44.2 Å². The smallest absolute Gasteiger partial charge is 0.337 e. The van der Waals surface area contributed by atoms with E-state index in [1.54, 1.807) is 24.3 Å². The molecular weight excluding hydrogens is 400 g/mol. The third-order valence-electron chi connectivity index (χ3n) is 5.72. The zero-order valence-corrected chi connectivity index (χ0v) is 18.3. The number of nitriles is 1. The number of hydrogen-bond donors (Lipinski definition) is 1. The number of aromatic nitrogens is 1. The number of phenols is 1. The number of hydrogen-bond acceptors (Lipinski definition) is 4. The lowest BCUT2D eigenvalue weighted by Crippen LogP contribution is -2.21. The molecule has 4 rings (SSSR count). The van der Waals surface area contributed by atoms with E-state index in [0.717, 1.165) is 33.4 Å². The minimum Gasteiger partial charge on any atom is -0.508 e. The van der Waals surface area contributed by atoms with Crippen LogP contribution in [0.1, 0.15) is 36.3 Å². The quantitative estimate of drug-likeness (QED) is 0.400. The normalized spacial score (nSPS) is 11.3. The van der Waals surface area contributed by atoms with Crippen LogP contribution in [0.2, 0.25) is 0 Å². The number of fused-ring (bicyclic) bond motifs is 1. The maximum absolute atomic E-state index is 11.9. The van der Waals surface area contributed by atoms with E-state index in [4.69, 9.17) is 4.74 Å². The highest BCUT2D eigenvalue weighted by molar-refractivity contribution is 6.01. The molecule has 0 amide bonds. The number of esters is 1. The van der Waals surface area contributed by atoms with Crippen molar-refractivity contribution >= 4 is 16.9 Å².